The smallest absolute Gasteiger partial charge is 0.417 e. The maximum Gasteiger partial charge on any atom is 0.417 e. The maximum absolute atomic E-state index is 12.5. The predicted octanol–water partition coefficient (Wildman–Crippen LogP) is 3.15. The molecule has 0 aliphatic carbocycles. The molecular formula is C7H3F4IO. The Hall–Kier alpha value is -0.530. The second-order valence-corrected chi connectivity index (χ2v) is 3.36. The summed E-state index contributed by atoms with van der Waals surface area (Å²) >= 11 is 1.31. The summed E-state index contributed by atoms with van der Waals surface area (Å²) < 4.78 is 48.5. The summed E-state index contributed by atoms with van der Waals surface area (Å²) in [6.45, 7) is 0. The van der Waals surface area contributed by atoms with Gasteiger partial charge in [0.05, 0.1) is 9.13 Å². The molecule has 1 N–H and O–H groups in total. The number of hydrogen-bond donors (Lipinski definition) is 1. The van der Waals surface area contributed by atoms with Crippen molar-refractivity contribution in [1.82, 2.24) is 0 Å². The number of halogens is 5. The van der Waals surface area contributed by atoms with E-state index in [-0.39, 0.29) is 0 Å². The highest BCUT2D eigenvalue weighted by atomic mass is 127. The molecule has 1 aromatic carbocycles. The molecule has 0 radical (unpaired) electrons. The largest absolute Gasteiger partial charge is 0.507 e. The third-order valence-corrected chi connectivity index (χ3v) is 2.46. The number of phenols is 1. The van der Waals surface area contributed by atoms with Gasteiger partial charge in [0.2, 0.25) is 0 Å². The Kier molecular flexibility index (Phi) is 2.69. The zero-order chi connectivity index (χ0) is 10.2. The minimum Gasteiger partial charge on any atom is -0.507 e. The average molecular weight is 306 g/mol. The fourth-order valence-corrected chi connectivity index (χ4v) is 1.40. The van der Waals surface area contributed by atoms with E-state index >= 15 is 0 Å². The van der Waals surface area contributed by atoms with Gasteiger partial charge in [0, 0.05) is 6.07 Å². The first-order valence-corrected chi connectivity index (χ1v) is 4.15. The van der Waals surface area contributed by atoms with Crippen LogP contribution in [-0.2, 0) is 6.18 Å². The van der Waals surface area contributed by atoms with Gasteiger partial charge < -0.3 is 5.11 Å². The molecule has 0 fully saturated rings. The molecule has 0 unspecified atom stereocenters. The third kappa shape index (κ3) is 2.23. The standard InChI is InChI=1S/C7H3F4IO/c8-3-1-4(7(9,10)11)6(12)5(13)2-3/h1-2,13H. The van der Waals surface area contributed by atoms with E-state index in [9.17, 15) is 17.6 Å². The Morgan fingerprint density at radius 3 is 2.23 bits per heavy atom. The Balaban J connectivity index is 3.37. The molecule has 0 aliphatic rings. The first-order valence-electron chi connectivity index (χ1n) is 3.07. The van der Waals surface area contributed by atoms with E-state index in [0.29, 0.717) is 12.1 Å². The first kappa shape index (κ1) is 10.6. The SMILES string of the molecule is Oc1cc(F)cc(C(F)(F)F)c1I. The molecule has 1 rings (SSSR count). The van der Waals surface area contributed by atoms with E-state index in [0.717, 1.165) is 0 Å². The van der Waals surface area contributed by atoms with E-state index < -0.39 is 26.9 Å². The molecule has 0 bridgehead atoms. The van der Waals surface area contributed by atoms with Crippen molar-refractivity contribution < 1.29 is 22.7 Å². The molecule has 0 heterocycles. The Morgan fingerprint density at radius 2 is 1.77 bits per heavy atom. The zero-order valence-electron chi connectivity index (χ0n) is 5.99. The Morgan fingerprint density at radius 1 is 1.23 bits per heavy atom. The molecule has 0 amide bonds. The number of hydrogen-bond acceptors (Lipinski definition) is 1. The molecule has 0 saturated heterocycles. The van der Waals surface area contributed by atoms with Gasteiger partial charge in [-0.25, -0.2) is 4.39 Å². The number of alkyl halides is 3. The Labute approximate surface area is 84.5 Å². The van der Waals surface area contributed by atoms with Crippen molar-refractivity contribution in [3.05, 3.63) is 27.1 Å². The lowest BCUT2D eigenvalue weighted by atomic mass is 10.2. The molecule has 13 heavy (non-hydrogen) atoms. The monoisotopic (exact) mass is 306 g/mol. The summed E-state index contributed by atoms with van der Waals surface area (Å²) in [5, 5.41) is 8.90. The molecule has 6 heteroatoms. The van der Waals surface area contributed by atoms with E-state index in [2.05, 4.69) is 0 Å². The normalized spacial score (nSPS) is 11.8. The van der Waals surface area contributed by atoms with Crippen molar-refractivity contribution >= 4 is 22.6 Å². The van der Waals surface area contributed by atoms with Crippen molar-refractivity contribution in [1.29, 1.82) is 0 Å². The van der Waals surface area contributed by atoms with Gasteiger partial charge in [-0.2, -0.15) is 13.2 Å². The molecule has 0 atom stereocenters. The van der Waals surface area contributed by atoms with Gasteiger partial charge in [0.1, 0.15) is 11.6 Å². The van der Waals surface area contributed by atoms with Gasteiger partial charge in [-0.05, 0) is 28.7 Å². The van der Waals surface area contributed by atoms with Crippen LogP contribution in [0.2, 0.25) is 0 Å². The van der Waals surface area contributed by atoms with Crippen molar-refractivity contribution in [2.45, 2.75) is 6.18 Å². The minimum absolute atomic E-state index is 0.349. The van der Waals surface area contributed by atoms with Crippen LogP contribution in [-0.4, -0.2) is 5.11 Å². The van der Waals surface area contributed by atoms with Crippen LogP contribution in [0.4, 0.5) is 17.6 Å². The number of benzene rings is 1. The topological polar surface area (TPSA) is 20.2 Å². The lowest BCUT2D eigenvalue weighted by Crippen LogP contribution is -2.08. The lowest BCUT2D eigenvalue weighted by Gasteiger charge is -2.09. The Bertz CT molecular complexity index is 334. The number of rotatable bonds is 0. The molecule has 0 spiro atoms. The van der Waals surface area contributed by atoms with Crippen LogP contribution in [0.15, 0.2) is 12.1 Å². The van der Waals surface area contributed by atoms with Crippen molar-refractivity contribution in [2.24, 2.45) is 0 Å². The van der Waals surface area contributed by atoms with Gasteiger partial charge >= 0.3 is 6.18 Å². The predicted molar refractivity (Wildman–Crippen MR) is 45.8 cm³/mol. The first-order chi connectivity index (χ1) is 5.82. The highest BCUT2D eigenvalue weighted by Gasteiger charge is 2.34. The average Bonchev–Trinajstić information content (AvgIpc) is 1.94. The summed E-state index contributed by atoms with van der Waals surface area (Å²) in [6.07, 6.45) is -4.64. The summed E-state index contributed by atoms with van der Waals surface area (Å²) in [4.78, 5) is 0. The molecule has 1 aromatic rings. The van der Waals surface area contributed by atoms with Gasteiger partial charge in [-0.3, -0.25) is 0 Å². The van der Waals surface area contributed by atoms with E-state index in [1.807, 2.05) is 0 Å². The van der Waals surface area contributed by atoms with Crippen LogP contribution in [0.3, 0.4) is 0 Å². The van der Waals surface area contributed by atoms with Crippen LogP contribution < -0.4 is 0 Å². The van der Waals surface area contributed by atoms with Crippen LogP contribution >= 0.6 is 22.6 Å². The van der Waals surface area contributed by atoms with Crippen LogP contribution in [0.1, 0.15) is 5.56 Å². The fourth-order valence-electron chi connectivity index (χ4n) is 0.781. The van der Waals surface area contributed by atoms with E-state index in [4.69, 9.17) is 5.11 Å². The second-order valence-electron chi connectivity index (χ2n) is 2.28. The van der Waals surface area contributed by atoms with Gasteiger partial charge in [0.25, 0.3) is 0 Å². The summed E-state index contributed by atoms with van der Waals surface area (Å²) in [7, 11) is 0. The van der Waals surface area contributed by atoms with Crippen molar-refractivity contribution in [3.63, 3.8) is 0 Å². The molecule has 1 nitrogen and oxygen atoms in total. The van der Waals surface area contributed by atoms with Crippen LogP contribution in [0, 0.1) is 9.39 Å². The second kappa shape index (κ2) is 3.32. The molecule has 0 saturated carbocycles. The molecule has 72 valence electrons. The summed E-state index contributed by atoms with van der Waals surface area (Å²) in [5.74, 6) is -1.81. The van der Waals surface area contributed by atoms with Crippen LogP contribution in [0.25, 0.3) is 0 Å². The van der Waals surface area contributed by atoms with Crippen LogP contribution in [0.5, 0.6) is 5.75 Å². The van der Waals surface area contributed by atoms with Crippen molar-refractivity contribution in [2.75, 3.05) is 0 Å². The van der Waals surface area contributed by atoms with Gasteiger partial charge in [-0.15, -0.1) is 0 Å². The van der Waals surface area contributed by atoms with Gasteiger partial charge in [-0.1, -0.05) is 0 Å². The fraction of sp³-hybridized carbons (Fsp3) is 0.143. The highest BCUT2D eigenvalue weighted by Crippen LogP contribution is 2.36. The highest BCUT2D eigenvalue weighted by molar-refractivity contribution is 14.1. The van der Waals surface area contributed by atoms with Crippen molar-refractivity contribution in [3.8, 4) is 5.75 Å². The van der Waals surface area contributed by atoms with Gasteiger partial charge in [0.15, 0.2) is 0 Å². The quantitative estimate of drug-likeness (QED) is 0.577. The molecule has 0 aromatic heterocycles. The molecular weight excluding hydrogens is 303 g/mol. The number of aromatic hydroxyl groups is 1. The third-order valence-electron chi connectivity index (χ3n) is 1.32. The number of phenolic OH excluding ortho intramolecular Hbond substituents is 1. The van der Waals surface area contributed by atoms with E-state index in [1.165, 1.54) is 22.6 Å². The summed E-state index contributed by atoms with van der Waals surface area (Å²) in [5.41, 5.74) is -1.16. The zero-order valence-corrected chi connectivity index (χ0v) is 8.15. The van der Waals surface area contributed by atoms with E-state index in [1.54, 1.807) is 0 Å². The maximum atomic E-state index is 12.5. The minimum atomic E-state index is -4.64. The summed E-state index contributed by atoms with van der Waals surface area (Å²) in [6, 6.07) is 0.985. The molecule has 0 aliphatic heterocycles. The lowest BCUT2D eigenvalue weighted by molar-refractivity contribution is -0.138.